The van der Waals surface area contributed by atoms with Gasteiger partial charge in [0.2, 0.25) is 0 Å². The van der Waals surface area contributed by atoms with Crippen molar-refractivity contribution in [3.63, 3.8) is 0 Å². The van der Waals surface area contributed by atoms with Crippen molar-refractivity contribution < 1.29 is 9.90 Å². The monoisotopic (exact) mass is 163 g/mol. The van der Waals surface area contributed by atoms with Crippen LogP contribution in [0, 0.1) is 0 Å². The molecule has 4 heteroatoms. The van der Waals surface area contributed by atoms with Gasteiger partial charge in [0.15, 0.2) is 0 Å². The maximum absolute atomic E-state index is 10.9. The number of hydrogen-bond acceptors (Lipinski definition) is 3. The number of aliphatic hydroxyl groups is 1. The predicted octanol–water partition coefficient (Wildman–Crippen LogP) is 0.498. The average molecular weight is 163 g/mol. The molecule has 1 amide bonds. The lowest BCUT2D eigenvalue weighted by molar-refractivity contribution is -0.138. The molecule has 0 aromatic heterocycles. The van der Waals surface area contributed by atoms with Gasteiger partial charge in [-0.05, 0) is 12.8 Å². The number of thiol groups is 1. The first-order valence-electron chi connectivity index (χ1n) is 3.27. The summed E-state index contributed by atoms with van der Waals surface area (Å²) in [5.74, 6) is -0.430. The van der Waals surface area contributed by atoms with E-state index < -0.39 is 11.5 Å². The zero-order valence-electron chi connectivity index (χ0n) is 6.22. The van der Waals surface area contributed by atoms with E-state index in [0.717, 1.165) is 0 Å². The van der Waals surface area contributed by atoms with Crippen LogP contribution in [-0.4, -0.2) is 16.6 Å². The Hall–Kier alpha value is -0.220. The summed E-state index contributed by atoms with van der Waals surface area (Å²) in [5.41, 5.74) is -1.23. The third kappa shape index (κ3) is 1.88. The van der Waals surface area contributed by atoms with Crippen LogP contribution in [0.4, 0.5) is 0 Å². The molecule has 0 fully saturated rings. The minimum absolute atomic E-state index is 0.413. The van der Waals surface area contributed by atoms with Gasteiger partial charge in [0.25, 0.3) is 5.91 Å². The first-order chi connectivity index (χ1) is 4.60. The molecule has 10 heavy (non-hydrogen) atoms. The number of hydrogen-bond donors (Lipinski definition) is 3. The van der Waals surface area contributed by atoms with E-state index in [1.54, 1.807) is 13.8 Å². The highest BCUT2D eigenvalue weighted by Crippen LogP contribution is 2.14. The molecule has 0 aliphatic rings. The van der Waals surface area contributed by atoms with Crippen LogP contribution in [0.5, 0.6) is 0 Å². The molecule has 0 unspecified atom stereocenters. The van der Waals surface area contributed by atoms with Gasteiger partial charge in [-0.25, -0.2) is 0 Å². The van der Waals surface area contributed by atoms with Gasteiger partial charge < -0.3 is 9.83 Å². The zero-order chi connectivity index (χ0) is 8.20. The summed E-state index contributed by atoms with van der Waals surface area (Å²) in [4.78, 5) is 10.9. The first kappa shape index (κ1) is 9.78. The van der Waals surface area contributed by atoms with Crippen molar-refractivity contribution >= 4 is 18.7 Å². The maximum Gasteiger partial charge on any atom is 0.261 e. The van der Waals surface area contributed by atoms with Crippen LogP contribution < -0.4 is 4.72 Å². The minimum Gasteiger partial charge on any atom is -0.380 e. The maximum atomic E-state index is 10.9. The molecule has 0 bridgehead atoms. The second-order valence-electron chi connectivity index (χ2n) is 2.18. The minimum atomic E-state index is -1.23. The summed E-state index contributed by atoms with van der Waals surface area (Å²) in [6, 6.07) is 0. The molecule has 3 nitrogen and oxygen atoms in total. The van der Waals surface area contributed by atoms with E-state index in [2.05, 4.69) is 17.5 Å². The molecule has 0 aliphatic heterocycles. The van der Waals surface area contributed by atoms with E-state index in [0.29, 0.717) is 12.8 Å². The van der Waals surface area contributed by atoms with Gasteiger partial charge in [0, 0.05) is 0 Å². The Kier molecular flexibility index (Phi) is 3.75. The molecule has 60 valence electrons. The van der Waals surface area contributed by atoms with Crippen LogP contribution in [0.1, 0.15) is 26.7 Å². The van der Waals surface area contributed by atoms with Crippen LogP contribution in [0.25, 0.3) is 0 Å². The molecule has 0 spiro atoms. The third-order valence-electron chi connectivity index (χ3n) is 1.69. The summed E-state index contributed by atoms with van der Waals surface area (Å²) in [7, 11) is 0. The van der Waals surface area contributed by atoms with Gasteiger partial charge in [0.05, 0.1) is 0 Å². The zero-order valence-corrected chi connectivity index (χ0v) is 7.11. The number of nitrogens with one attached hydrogen (secondary N) is 1. The SMILES string of the molecule is CCC(O)(CC)C(=O)NS. The van der Waals surface area contributed by atoms with Gasteiger partial charge in [-0.2, -0.15) is 0 Å². The summed E-state index contributed by atoms with van der Waals surface area (Å²) >= 11 is 3.56. The number of rotatable bonds is 3. The van der Waals surface area contributed by atoms with E-state index in [-0.39, 0.29) is 0 Å². The molecular formula is C6H13NO2S. The van der Waals surface area contributed by atoms with Crippen LogP contribution in [0.3, 0.4) is 0 Å². The second-order valence-corrected chi connectivity index (χ2v) is 2.40. The normalized spacial score (nSPS) is 11.2. The molecular weight excluding hydrogens is 150 g/mol. The van der Waals surface area contributed by atoms with E-state index in [1.165, 1.54) is 0 Å². The fourth-order valence-corrected chi connectivity index (χ4v) is 0.883. The molecule has 0 radical (unpaired) electrons. The van der Waals surface area contributed by atoms with Gasteiger partial charge in [-0.15, -0.1) is 0 Å². The van der Waals surface area contributed by atoms with E-state index in [4.69, 9.17) is 0 Å². The van der Waals surface area contributed by atoms with Crippen LogP contribution >= 0.6 is 12.8 Å². The molecule has 0 saturated carbocycles. The van der Waals surface area contributed by atoms with Crippen LogP contribution in [0.15, 0.2) is 0 Å². The Morgan fingerprint density at radius 3 is 2.10 bits per heavy atom. The lowest BCUT2D eigenvalue weighted by Crippen LogP contribution is -2.42. The van der Waals surface area contributed by atoms with E-state index >= 15 is 0 Å². The second kappa shape index (κ2) is 3.83. The molecule has 0 aromatic rings. The summed E-state index contributed by atoms with van der Waals surface area (Å²) in [6.07, 6.45) is 0.825. The molecule has 0 heterocycles. The molecule has 0 aromatic carbocycles. The molecule has 2 N–H and O–H groups in total. The van der Waals surface area contributed by atoms with Crippen molar-refractivity contribution in [3.05, 3.63) is 0 Å². The van der Waals surface area contributed by atoms with Crippen molar-refractivity contribution in [2.75, 3.05) is 0 Å². The largest absolute Gasteiger partial charge is 0.380 e. The first-order valence-corrected chi connectivity index (χ1v) is 3.72. The van der Waals surface area contributed by atoms with E-state index in [1.807, 2.05) is 0 Å². The third-order valence-corrected chi connectivity index (χ3v) is 1.90. The molecule has 0 aliphatic carbocycles. The Morgan fingerprint density at radius 1 is 1.60 bits per heavy atom. The lowest BCUT2D eigenvalue weighted by Gasteiger charge is -2.21. The van der Waals surface area contributed by atoms with Crippen molar-refractivity contribution in [1.29, 1.82) is 0 Å². The Morgan fingerprint density at radius 2 is 2.00 bits per heavy atom. The van der Waals surface area contributed by atoms with Gasteiger partial charge in [0.1, 0.15) is 5.60 Å². The van der Waals surface area contributed by atoms with Gasteiger partial charge in [-0.3, -0.25) is 4.79 Å². The van der Waals surface area contributed by atoms with Crippen molar-refractivity contribution in [2.24, 2.45) is 0 Å². The van der Waals surface area contributed by atoms with Crippen LogP contribution in [-0.2, 0) is 4.79 Å². The van der Waals surface area contributed by atoms with Gasteiger partial charge in [-0.1, -0.05) is 26.7 Å². The average Bonchev–Trinajstić information content (AvgIpc) is 2.01. The number of carbonyl (C=O) groups is 1. The molecule has 0 saturated heterocycles. The number of amides is 1. The Balaban J connectivity index is 4.17. The van der Waals surface area contributed by atoms with Gasteiger partial charge >= 0.3 is 0 Å². The lowest BCUT2D eigenvalue weighted by atomic mass is 9.97. The molecule has 0 rings (SSSR count). The van der Waals surface area contributed by atoms with Crippen molar-refractivity contribution in [3.8, 4) is 0 Å². The fraction of sp³-hybridized carbons (Fsp3) is 0.833. The number of carbonyl (C=O) groups excluding carboxylic acids is 1. The fourth-order valence-electron chi connectivity index (χ4n) is 0.675. The molecule has 0 atom stereocenters. The van der Waals surface area contributed by atoms with Crippen molar-refractivity contribution in [2.45, 2.75) is 32.3 Å². The summed E-state index contributed by atoms with van der Waals surface area (Å²) in [5, 5.41) is 9.44. The Labute approximate surface area is 66.4 Å². The topological polar surface area (TPSA) is 49.3 Å². The summed E-state index contributed by atoms with van der Waals surface area (Å²) < 4.78 is 2.11. The van der Waals surface area contributed by atoms with E-state index in [9.17, 15) is 9.90 Å². The highest BCUT2D eigenvalue weighted by molar-refractivity contribution is 7.78. The van der Waals surface area contributed by atoms with Crippen LogP contribution in [0.2, 0.25) is 0 Å². The standard InChI is InChI=1S/C6H13NO2S/c1-3-6(9,4-2)5(8)7-10/h9-10H,3-4H2,1-2H3,(H,7,8). The quantitative estimate of drug-likeness (QED) is 0.531. The summed E-state index contributed by atoms with van der Waals surface area (Å²) in [6.45, 7) is 3.51. The Bertz CT molecular complexity index is 123. The smallest absolute Gasteiger partial charge is 0.261 e. The highest BCUT2D eigenvalue weighted by atomic mass is 32.1. The van der Waals surface area contributed by atoms with Crippen molar-refractivity contribution in [1.82, 2.24) is 4.72 Å². The highest BCUT2D eigenvalue weighted by Gasteiger charge is 2.30. The predicted molar refractivity (Wildman–Crippen MR) is 42.7 cm³/mol.